The summed E-state index contributed by atoms with van der Waals surface area (Å²) < 4.78 is 10.3. The summed E-state index contributed by atoms with van der Waals surface area (Å²) in [5, 5.41) is 22.2. The number of phenolic OH excluding ortho intramolecular Hbond substituents is 1. The molecule has 0 unspecified atom stereocenters. The molecule has 1 fully saturated rings. The summed E-state index contributed by atoms with van der Waals surface area (Å²) in [6.07, 6.45) is 1.51. The molecule has 1 saturated heterocycles. The molecule has 3 rings (SSSR count). The van der Waals surface area contributed by atoms with Gasteiger partial charge in [-0.1, -0.05) is 12.1 Å². The second kappa shape index (κ2) is 11.8. The van der Waals surface area contributed by atoms with Crippen LogP contribution in [-0.2, 0) is 9.47 Å². The number of carbonyl (C=O) groups excluding carboxylic acids is 2. The summed E-state index contributed by atoms with van der Waals surface area (Å²) >= 11 is 0. The average molecular weight is 486 g/mol. The highest BCUT2D eigenvalue weighted by Crippen LogP contribution is 2.40. The topological polar surface area (TPSA) is 122 Å². The molecule has 0 radical (unpaired) electrons. The lowest BCUT2D eigenvalue weighted by Crippen LogP contribution is -2.44. The van der Waals surface area contributed by atoms with E-state index in [1.807, 2.05) is 0 Å². The van der Waals surface area contributed by atoms with Gasteiger partial charge < -0.3 is 24.4 Å². The Labute approximate surface area is 204 Å². The Morgan fingerprint density at radius 3 is 2.43 bits per heavy atom. The number of hydrogen-bond acceptors (Lipinski definition) is 9. The number of esters is 2. The molecule has 1 aliphatic heterocycles. The molecule has 0 aliphatic carbocycles. The summed E-state index contributed by atoms with van der Waals surface area (Å²) in [6, 6.07) is 6.98. The summed E-state index contributed by atoms with van der Waals surface area (Å²) in [5.41, 5.74) is -0.399. The first-order valence-corrected chi connectivity index (χ1v) is 11.5. The molecule has 10 nitrogen and oxygen atoms in total. The number of hydrogen-bond donors (Lipinski definition) is 1. The third-order valence-electron chi connectivity index (χ3n) is 6.17. The second-order valence-corrected chi connectivity index (χ2v) is 8.59. The molecule has 10 heteroatoms. The SMILES string of the molecule is COC(=O)c1c(O)cc(C)c(C(=O)OCCCCN2CCN(C)CC2)c1-c1ccccc1[N+](=O)[O-]. The summed E-state index contributed by atoms with van der Waals surface area (Å²) in [5.74, 6) is -2.08. The minimum absolute atomic E-state index is 0.0129. The Hall–Kier alpha value is -3.50. The van der Waals surface area contributed by atoms with E-state index < -0.39 is 22.6 Å². The first-order valence-electron chi connectivity index (χ1n) is 11.5. The van der Waals surface area contributed by atoms with E-state index in [1.54, 1.807) is 13.0 Å². The largest absolute Gasteiger partial charge is 0.507 e. The van der Waals surface area contributed by atoms with Crippen molar-refractivity contribution in [3.05, 3.63) is 57.1 Å². The van der Waals surface area contributed by atoms with Gasteiger partial charge in [-0.3, -0.25) is 10.1 Å². The van der Waals surface area contributed by atoms with Crippen molar-refractivity contribution >= 4 is 17.6 Å². The molecular formula is C25H31N3O7. The van der Waals surface area contributed by atoms with Crippen molar-refractivity contribution in [2.24, 2.45) is 0 Å². The lowest BCUT2D eigenvalue weighted by molar-refractivity contribution is -0.384. The average Bonchev–Trinajstić information content (AvgIpc) is 2.83. The van der Waals surface area contributed by atoms with E-state index in [9.17, 15) is 24.8 Å². The van der Waals surface area contributed by atoms with Crippen molar-refractivity contribution in [1.29, 1.82) is 0 Å². The van der Waals surface area contributed by atoms with Gasteiger partial charge >= 0.3 is 11.9 Å². The maximum absolute atomic E-state index is 13.2. The number of ether oxygens (including phenoxy) is 2. The lowest BCUT2D eigenvalue weighted by Gasteiger charge is -2.32. The van der Waals surface area contributed by atoms with Crippen LogP contribution in [0.25, 0.3) is 11.1 Å². The van der Waals surface area contributed by atoms with Gasteiger partial charge in [0.1, 0.15) is 11.3 Å². The van der Waals surface area contributed by atoms with E-state index in [1.165, 1.54) is 24.3 Å². The van der Waals surface area contributed by atoms with E-state index in [4.69, 9.17) is 9.47 Å². The molecule has 2 aromatic carbocycles. The van der Waals surface area contributed by atoms with Gasteiger partial charge in [-0.05, 0) is 51.1 Å². The van der Waals surface area contributed by atoms with Crippen LogP contribution in [0.1, 0.15) is 39.1 Å². The predicted molar refractivity (Wildman–Crippen MR) is 130 cm³/mol. The Kier molecular flexibility index (Phi) is 8.78. The molecule has 0 spiro atoms. The van der Waals surface area contributed by atoms with Gasteiger partial charge in [-0.15, -0.1) is 0 Å². The smallest absolute Gasteiger partial charge is 0.342 e. The zero-order valence-electron chi connectivity index (χ0n) is 20.3. The van der Waals surface area contributed by atoms with Gasteiger partial charge in [0.25, 0.3) is 5.69 Å². The molecule has 188 valence electrons. The maximum atomic E-state index is 13.2. The molecule has 0 bridgehead atoms. The highest BCUT2D eigenvalue weighted by molar-refractivity contribution is 6.09. The summed E-state index contributed by atoms with van der Waals surface area (Å²) in [6.45, 7) is 6.74. The number of nitrogens with zero attached hydrogens (tertiary/aromatic N) is 3. The van der Waals surface area contributed by atoms with Crippen molar-refractivity contribution in [2.75, 3.05) is 53.5 Å². The number of piperazine rings is 1. The molecule has 1 heterocycles. The molecule has 0 aromatic heterocycles. The number of phenols is 1. The monoisotopic (exact) mass is 485 g/mol. The number of unbranched alkanes of at least 4 members (excludes halogenated alkanes) is 1. The van der Waals surface area contributed by atoms with Gasteiger partial charge in [-0.2, -0.15) is 0 Å². The number of benzene rings is 2. The van der Waals surface area contributed by atoms with Gasteiger partial charge in [0.05, 0.1) is 29.8 Å². The van der Waals surface area contributed by atoms with Crippen molar-refractivity contribution in [3.63, 3.8) is 0 Å². The van der Waals surface area contributed by atoms with E-state index in [0.717, 1.165) is 46.3 Å². The van der Waals surface area contributed by atoms with Crippen LogP contribution in [0.2, 0.25) is 0 Å². The number of likely N-dealkylation sites (N-methyl/N-ethyl adjacent to an activating group) is 1. The first kappa shape index (κ1) is 26.1. The molecular weight excluding hydrogens is 454 g/mol. The molecule has 2 aromatic rings. The third-order valence-corrected chi connectivity index (χ3v) is 6.17. The van der Waals surface area contributed by atoms with Crippen LogP contribution in [0, 0.1) is 17.0 Å². The molecule has 0 atom stereocenters. The van der Waals surface area contributed by atoms with Crippen LogP contribution >= 0.6 is 0 Å². The first-order chi connectivity index (χ1) is 16.7. The normalized spacial score (nSPS) is 14.5. The maximum Gasteiger partial charge on any atom is 0.342 e. The quantitative estimate of drug-likeness (QED) is 0.247. The second-order valence-electron chi connectivity index (χ2n) is 8.59. The van der Waals surface area contributed by atoms with Crippen LogP contribution in [0.5, 0.6) is 5.75 Å². The van der Waals surface area contributed by atoms with Crippen molar-refractivity contribution in [3.8, 4) is 16.9 Å². The van der Waals surface area contributed by atoms with Crippen LogP contribution in [0.15, 0.2) is 30.3 Å². The molecule has 0 saturated carbocycles. The van der Waals surface area contributed by atoms with Gasteiger partial charge in [0.15, 0.2) is 0 Å². The fourth-order valence-electron chi connectivity index (χ4n) is 4.23. The Balaban J connectivity index is 1.85. The number of nitro groups is 1. The molecule has 1 N–H and O–H groups in total. The van der Waals surface area contributed by atoms with Crippen molar-refractivity contribution < 1.29 is 29.1 Å². The number of aromatic hydroxyl groups is 1. The van der Waals surface area contributed by atoms with E-state index >= 15 is 0 Å². The van der Waals surface area contributed by atoms with Crippen LogP contribution in [0.4, 0.5) is 5.69 Å². The lowest BCUT2D eigenvalue weighted by atomic mass is 9.89. The highest BCUT2D eigenvalue weighted by Gasteiger charge is 2.31. The molecule has 35 heavy (non-hydrogen) atoms. The summed E-state index contributed by atoms with van der Waals surface area (Å²) in [4.78, 5) is 41.5. The Morgan fingerprint density at radius 2 is 1.77 bits per heavy atom. The highest BCUT2D eigenvalue weighted by atomic mass is 16.6. The third kappa shape index (κ3) is 6.14. The summed E-state index contributed by atoms with van der Waals surface area (Å²) in [7, 11) is 3.23. The van der Waals surface area contributed by atoms with Crippen LogP contribution < -0.4 is 0 Å². The zero-order chi connectivity index (χ0) is 25.5. The zero-order valence-corrected chi connectivity index (χ0v) is 20.3. The number of rotatable bonds is 9. The van der Waals surface area contributed by atoms with Crippen LogP contribution in [-0.4, -0.2) is 85.3 Å². The Bertz CT molecular complexity index is 1090. The standard InChI is InChI=1S/C25H31N3O7/c1-17-16-20(29)23(24(30)34-3)22(18-8-4-5-9-19(18)28(32)33)21(17)25(31)35-15-7-6-10-27-13-11-26(2)12-14-27/h4-5,8-9,16,29H,6-7,10-15H2,1-3H3. The number of para-hydroxylation sites is 1. The number of nitro benzene ring substituents is 1. The van der Waals surface area contributed by atoms with Gasteiger partial charge in [-0.25, -0.2) is 9.59 Å². The van der Waals surface area contributed by atoms with Gasteiger partial charge in [0, 0.05) is 37.8 Å². The fraction of sp³-hybridized carbons (Fsp3) is 0.440. The van der Waals surface area contributed by atoms with Crippen LogP contribution in [0.3, 0.4) is 0 Å². The fourth-order valence-corrected chi connectivity index (χ4v) is 4.23. The molecule has 0 amide bonds. The Morgan fingerprint density at radius 1 is 1.09 bits per heavy atom. The molecule has 1 aliphatic rings. The minimum Gasteiger partial charge on any atom is -0.507 e. The number of carbonyl (C=O) groups is 2. The van der Waals surface area contributed by atoms with E-state index in [0.29, 0.717) is 12.0 Å². The predicted octanol–water partition coefficient (Wildman–Crippen LogP) is 3.25. The van der Waals surface area contributed by atoms with Crippen molar-refractivity contribution in [1.82, 2.24) is 9.80 Å². The van der Waals surface area contributed by atoms with E-state index in [2.05, 4.69) is 16.8 Å². The number of aryl methyl sites for hydroxylation is 1. The van der Waals surface area contributed by atoms with Crippen molar-refractivity contribution in [2.45, 2.75) is 19.8 Å². The minimum atomic E-state index is -0.920. The van der Waals surface area contributed by atoms with Gasteiger partial charge in [0.2, 0.25) is 0 Å². The van der Waals surface area contributed by atoms with E-state index in [-0.39, 0.29) is 34.5 Å². The number of methoxy groups -OCH3 is 1.